The Bertz CT molecular complexity index is 639. The molecule has 0 amide bonds. The van der Waals surface area contributed by atoms with E-state index in [1.54, 1.807) is 0 Å². The van der Waals surface area contributed by atoms with Crippen LogP contribution in [0.1, 0.15) is 90.9 Å². The highest BCUT2D eigenvalue weighted by Crippen LogP contribution is 2.41. The van der Waals surface area contributed by atoms with Gasteiger partial charge in [0.1, 0.15) is 11.5 Å². The number of hydrogen-bond donors (Lipinski definition) is 0. The Hall–Kier alpha value is -1.33. The molecule has 0 aliphatic rings. The smallest absolute Gasteiger partial charge is 0.135 e. The van der Waals surface area contributed by atoms with E-state index in [0.29, 0.717) is 0 Å². The lowest BCUT2D eigenvalue weighted by atomic mass is 10.1. The predicted octanol–water partition coefficient (Wildman–Crippen LogP) is 9.31. The zero-order chi connectivity index (χ0) is 21.3. The summed E-state index contributed by atoms with van der Waals surface area (Å²) in [5.74, 6) is 2.02. The van der Waals surface area contributed by atoms with E-state index in [0.717, 1.165) is 11.5 Å². The maximum Gasteiger partial charge on any atom is 0.135 e. The van der Waals surface area contributed by atoms with E-state index in [4.69, 9.17) is 4.74 Å². The van der Waals surface area contributed by atoms with Crippen LogP contribution in [-0.4, -0.2) is 12.3 Å². The molecule has 0 bridgehead atoms. The predicted molar refractivity (Wildman–Crippen MR) is 136 cm³/mol. The average molecular weight is 427 g/mol. The Balaban J connectivity index is 1.97. The van der Waals surface area contributed by atoms with Crippen LogP contribution in [0.2, 0.25) is 0 Å². The van der Waals surface area contributed by atoms with Gasteiger partial charge in [-0.05, 0) is 43.4 Å². The van der Waals surface area contributed by atoms with Crippen LogP contribution in [-0.2, 0) is 0 Å². The molecular formula is C28H43OP. The molecule has 0 unspecified atom stereocenters. The number of para-hydroxylation sites is 2. The van der Waals surface area contributed by atoms with Gasteiger partial charge in [0.2, 0.25) is 0 Å². The van der Waals surface area contributed by atoms with Crippen LogP contribution in [0.3, 0.4) is 0 Å². The molecule has 0 radical (unpaired) electrons. The molecule has 0 spiro atoms. The summed E-state index contributed by atoms with van der Waals surface area (Å²) in [7, 11) is -0.147. The van der Waals surface area contributed by atoms with Crippen molar-refractivity contribution in [2.24, 2.45) is 0 Å². The molecule has 166 valence electrons. The Morgan fingerprint density at radius 3 is 1.67 bits per heavy atom. The van der Waals surface area contributed by atoms with Gasteiger partial charge >= 0.3 is 0 Å². The van der Waals surface area contributed by atoms with Crippen LogP contribution < -0.4 is 10.0 Å². The minimum absolute atomic E-state index is 0.147. The lowest BCUT2D eigenvalue weighted by molar-refractivity contribution is 0.486. The van der Waals surface area contributed by atoms with Gasteiger partial charge in [0, 0.05) is 5.30 Å². The Morgan fingerprint density at radius 2 is 1.07 bits per heavy atom. The van der Waals surface area contributed by atoms with Crippen molar-refractivity contribution in [1.29, 1.82) is 0 Å². The Labute approximate surface area is 187 Å². The molecular weight excluding hydrogens is 383 g/mol. The molecule has 0 saturated carbocycles. The molecule has 2 aromatic rings. The van der Waals surface area contributed by atoms with E-state index < -0.39 is 0 Å². The normalized spacial score (nSPS) is 11.2. The first-order valence-electron chi connectivity index (χ1n) is 12.4. The third-order valence-corrected chi connectivity index (χ3v) is 8.50. The SMILES string of the molecule is CCCCCCCCP(CCCCCCCC)c1ccccc1Oc1ccccc1. The molecule has 0 fully saturated rings. The summed E-state index contributed by atoms with van der Waals surface area (Å²) < 4.78 is 6.33. The largest absolute Gasteiger partial charge is 0.457 e. The minimum atomic E-state index is -0.147. The summed E-state index contributed by atoms with van der Waals surface area (Å²) in [5.41, 5.74) is 0. The lowest BCUT2D eigenvalue weighted by Gasteiger charge is -2.21. The number of ether oxygens (including phenoxy) is 1. The molecule has 1 nitrogen and oxygen atoms in total. The number of benzene rings is 2. The van der Waals surface area contributed by atoms with Crippen LogP contribution >= 0.6 is 7.92 Å². The average Bonchev–Trinajstić information content (AvgIpc) is 2.78. The summed E-state index contributed by atoms with van der Waals surface area (Å²) in [6, 6.07) is 19.1. The summed E-state index contributed by atoms with van der Waals surface area (Å²) in [6.45, 7) is 4.59. The van der Waals surface area contributed by atoms with Crippen LogP contribution in [0.25, 0.3) is 0 Å². The summed E-state index contributed by atoms with van der Waals surface area (Å²) in [5, 5.41) is 1.47. The molecule has 0 N–H and O–H groups in total. The highest BCUT2D eigenvalue weighted by atomic mass is 31.1. The standard InChI is InChI=1S/C28H43OP/c1-3-5-7-9-11-18-24-30(25-19-12-10-8-6-4-2)28-23-17-16-22-27(28)29-26-20-14-13-15-21-26/h13-17,20-23H,3-12,18-19,24-25H2,1-2H3. The first-order chi connectivity index (χ1) is 14.8. The zero-order valence-electron chi connectivity index (χ0n) is 19.5. The van der Waals surface area contributed by atoms with E-state index in [1.165, 1.54) is 94.7 Å². The van der Waals surface area contributed by atoms with Crippen molar-refractivity contribution < 1.29 is 4.74 Å². The summed E-state index contributed by atoms with van der Waals surface area (Å²) in [6.07, 6.45) is 19.2. The third kappa shape index (κ3) is 10.1. The van der Waals surface area contributed by atoms with Crippen molar-refractivity contribution >= 4 is 13.2 Å². The molecule has 30 heavy (non-hydrogen) atoms. The van der Waals surface area contributed by atoms with Crippen LogP contribution in [0, 0.1) is 0 Å². The molecule has 0 heterocycles. The molecule has 2 aromatic carbocycles. The number of rotatable bonds is 17. The number of unbranched alkanes of at least 4 members (excludes halogenated alkanes) is 10. The van der Waals surface area contributed by atoms with Gasteiger partial charge in [-0.3, -0.25) is 0 Å². The summed E-state index contributed by atoms with van der Waals surface area (Å²) >= 11 is 0. The van der Waals surface area contributed by atoms with Gasteiger partial charge < -0.3 is 4.74 Å². The van der Waals surface area contributed by atoms with E-state index in [1.807, 2.05) is 18.2 Å². The first-order valence-corrected chi connectivity index (χ1v) is 14.1. The first kappa shape index (κ1) is 24.9. The highest BCUT2D eigenvalue weighted by molar-refractivity contribution is 7.65. The third-order valence-electron chi connectivity index (χ3n) is 5.74. The monoisotopic (exact) mass is 426 g/mol. The van der Waals surface area contributed by atoms with Gasteiger partial charge in [-0.15, -0.1) is 0 Å². The van der Waals surface area contributed by atoms with Gasteiger partial charge in [0.05, 0.1) is 0 Å². The molecule has 0 aliphatic carbocycles. The highest BCUT2D eigenvalue weighted by Gasteiger charge is 2.16. The second-order valence-corrected chi connectivity index (χ2v) is 10.9. The fourth-order valence-corrected chi connectivity index (χ4v) is 6.58. The maximum absolute atomic E-state index is 6.33. The van der Waals surface area contributed by atoms with Gasteiger partial charge in [-0.2, -0.15) is 0 Å². The van der Waals surface area contributed by atoms with E-state index in [2.05, 4.69) is 50.2 Å². The molecule has 2 heteroatoms. The molecule has 0 atom stereocenters. The van der Waals surface area contributed by atoms with Crippen molar-refractivity contribution in [2.45, 2.75) is 90.9 Å². The second-order valence-electron chi connectivity index (χ2n) is 8.41. The lowest BCUT2D eigenvalue weighted by Crippen LogP contribution is -2.10. The van der Waals surface area contributed by atoms with Gasteiger partial charge in [-0.25, -0.2) is 0 Å². The molecule has 0 aromatic heterocycles. The van der Waals surface area contributed by atoms with E-state index in [-0.39, 0.29) is 7.92 Å². The van der Waals surface area contributed by atoms with Gasteiger partial charge in [0.15, 0.2) is 0 Å². The van der Waals surface area contributed by atoms with E-state index >= 15 is 0 Å². The van der Waals surface area contributed by atoms with Crippen LogP contribution in [0.4, 0.5) is 0 Å². The quantitative estimate of drug-likeness (QED) is 0.181. The van der Waals surface area contributed by atoms with Crippen molar-refractivity contribution in [1.82, 2.24) is 0 Å². The molecule has 0 saturated heterocycles. The van der Waals surface area contributed by atoms with Gasteiger partial charge in [0.25, 0.3) is 0 Å². The van der Waals surface area contributed by atoms with Crippen molar-refractivity contribution in [3.8, 4) is 11.5 Å². The van der Waals surface area contributed by atoms with Crippen LogP contribution in [0.15, 0.2) is 54.6 Å². The maximum atomic E-state index is 6.33. The zero-order valence-corrected chi connectivity index (χ0v) is 20.3. The molecule has 2 rings (SSSR count). The Kier molecular flexibility index (Phi) is 13.6. The van der Waals surface area contributed by atoms with Crippen molar-refractivity contribution in [3.05, 3.63) is 54.6 Å². The van der Waals surface area contributed by atoms with E-state index in [9.17, 15) is 0 Å². The Morgan fingerprint density at radius 1 is 0.567 bits per heavy atom. The topological polar surface area (TPSA) is 9.23 Å². The van der Waals surface area contributed by atoms with Gasteiger partial charge in [-0.1, -0.05) is 122 Å². The fourth-order valence-electron chi connectivity index (χ4n) is 3.94. The second kappa shape index (κ2) is 16.4. The summed E-state index contributed by atoms with van der Waals surface area (Å²) in [4.78, 5) is 0. The molecule has 0 aliphatic heterocycles. The van der Waals surface area contributed by atoms with Crippen LogP contribution in [0.5, 0.6) is 11.5 Å². The fraction of sp³-hybridized carbons (Fsp3) is 0.571. The van der Waals surface area contributed by atoms with Crippen molar-refractivity contribution in [3.63, 3.8) is 0 Å². The number of hydrogen-bond acceptors (Lipinski definition) is 1. The minimum Gasteiger partial charge on any atom is -0.457 e. The van der Waals surface area contributed by atoms with Crippen molar-refractivity contribution in [2.75, 3.05) is 12.3 Å².